The zero-order valence-electron chi connectivity index (χ0n) is 14.4. The molecule has 0 bridgehead atoms. The fraction of sp³-hybridized carbons (Fsp3) is 0.350. The molecule has 1 saturated heterocycles. The molecule has 1 heterocycles. The maximum absolute atomic E-state index is 12.2. The Hall–Kier alpha value is -1.88. The van der Waals surface area contributed by atoms with Crippen LogP contribution in [0.2, 0.25) is 5.02 Å². The molecular formula is C20H26ClN3O+2. The van der Waals surface area contributed by atoms with Crippen LogP contribution in [0.25, 0.3) is 0 Å². The smallest absolute Gasteiger partial charge is 0.275 e. The van der Waals surface area contributed by atoms with Gasteiger partial charge in [0.1, 0.15) is 32.7 Å². The quantitative estimate of drug-likeness (QED) is 0.664. The first-order valence-electron chi connectivity index (χ1n) is 8.92. The van der Waals surface area contributed by atoms with Crippen molar-refractivity contribution in [3.8, 4) is 0 Å². The average Bonchev–Trinajstić information content (AvgIpc) is 2.64. The molecule has 1 aliphatic heterocycles. The van der Waals surface area contributed by atoms with Crippen LogP contribution in [0, 0.1) is 0 Å². The van der Waals surface area contributed by atoms with Crippen LogP contribution in [-0.4, -0.2) is 38.6 Å². The highest BCUT2D eigenvalue weighted by Crippen LogP contribution is 2.13. The second-order valence-corrected chi connectivity index (χ2v) is 7.11. The molecule has 0 spiro atoms. The molecule has 3 N–H and O–H groups in total. The standard InChI is InChI=1S/C20H24ClN3O/c21-19-9-5-4-8-18(19)14-22-20(25)16-24-12-10-23(11-13-24)15-17-6-2-1-3-7-17/h1-9H,10-16H2,(H,22,25)/p+2. The van der Waals surface area contributed by atoms with Crippen molar-refractivity contribution >= 4 is 17.5 Å². The van der Waals surface area contributed by atoms with Gasteiger partial charge in [-0.15, -0.1) is 0 Å². The lowest BCUT2D eigenvalue weighted by molar-refractivity contribution is -1.02. The minimum absolute atomic E-state index is 0.0985. The number of piperazine rings is 1. The third-order valence-corrected chi connectivity index (χ3v) is 5.17. The predicted octanol–water partition coefficient (Wildman–Crippen LogP) is -0.0602. The fourth-order valence-corrected chi connectivity index (χ4v) is 3.52. The zero-order chi connectivity index (χ0) is 17.5. The summed E-state index contributed by atoms with van der Waals surface area (Å²) in [4.78, 5) is 15.2. The molecule has 2 aromatic carbocycles. The van der Waals surface area contributed by atoms with E-state index in [-0.39, 0.29) is 5.91 Å². The Morgan fingerprint density at radius 3 is 2.28 bits per heavy atom. The number of amides is 1. The van der Waals surface area contributed by atoms with Crippen molar-refractivity contribution in [2.24, 2.45) is 0 Å². The maximum Gasteiger partial charge on any atom is 0.275 e. The minimum atomic E-state index is 0.0985. The van der Waals surface area contributed by atoms with Crippen LogP contribution in [0.3, 0.4) is 0 Å². The largest absolute Gasteiger partial charge is 0.347 e. The highest BCUT2D eigenvalue weighted by Gasteiger charge is 2.24. The normalized spacial score (nSPS) is 20.2. The molecule has 0 saturated carbocycles. The monoisotopic (exact) mass is 359 g/mol. The lowest BCUT2D eigenvalue weighted by Crippen LogP contribution is -3.28. The number of carbonyl (C=O) groups is 1. The minimum Gasteiger partial charge on any atom is -0.347 e. The summed E-state index contributed by atoms with van der Waals surface area (Å²) in [6.07, 6.45) is 0. The number of quaternary nitrogens is 2. The summed E-state index contributed by atoms with van der Waals surface area (Å²) in [5, 5.41) is 3.69. The van der Waals surface area contributed by atoms with Crippen LogP contribution in [0.5, 0.6) is 0 Å². The van der Waals surface area contributed by atoms with Gasteiger partial charge in [0.25, 0.3) is 5.91 Å². The van der Waals surface area contributed by atoms with Crippen LogP contribution < -0.4 is 15.1 Å². The van der Waals surface area contributed by atoms with E-state index in [0.29, 0.717) is 18.1 Å². The Bertz CT molecular complexity index is 684. The first-order chi connectivity index (χ1) is 12.2. The Labute approximate surface area is 154 Å². The number of rotatable bonds is 6. The summed E-state index contributed by atoms with van der Waals surface area (Å²) in [7, 11) is 0. The van der Waals surface area contributed by atoms with Gasteiger partial charge in [0.15, 0.2) is 6.54 Å². The van der Waals surface area contributed by atoms with Crippen LogP contribution in [0.15, 0.2) is 54.6 Å². The number of halogens is 1. The lowest BCUT2D eigenvalue weighted by Gasteiger charge is -2.29. The number of carbonyl (C=O) groups excluding carboxylic acids is 1. The van der Waals surface area contributed by atoms with Crippen LogP contribution in [-0.2, 0) is 17.9 Å². The van der Waals surface area contributed by atoms with E-state index >= 15 is 0 Å². The van der Waals surface area contributed by atoms with E-state index in [1.54, 1.807) is 4.90 Å². The molecule has 25 heavy (non-hydrogen) atoms. The second kappa shape index (κ2) is 8.99. The number of hydrogen-bond donors (Lipinski definition) is 3. The first-order valence-corrected chi connectivity index (χ1v) is 9.29. The summed E-state index contributed by atoms with van der Waals surface area (Å²) in [5.41, 5.74) is 2.35. The summed E-state index contributed by atoms with van der Waals surface area (Å²) >= 11 is 6.12. The van der Waals surface area contributed by atoms with Gasteiger partial charge in [0.2, 0.25) is 0 Å². The Kier molecular flexibility index (Phi) is 6.45. The molecule has 2 aromatic rings. The van der Waals surface area contributed by atoms with E-state index in [2.05, 4.69) is 35.6 Å². The molecular weight excluding hydrogens is 334 g/mol. The summed E-state index contributed by atoms with van der Waals surface area (Å²) in [6.45, 7) is 6.43. The molecule has 5 heteroatoms. The van der Waals surface area contributed by atoms with Gasteiger partial charge in [-0.3, -0.25) is 4.79 Å². The highest BCUT2D eigenvalue weighted by atomic mass is 35.5. The Morgan fingerprint density at radius 1 is 0.920 bits per heavy atom. The lowest BCUT2D eigenvalue weighted by atomic mass is 10.2. The summed E-state index contributed by atoms with van der Waals surface area (Å²) in [5.74, 6) is 0.0985. The van der Waals surface area contributed by atoms with E-state index in [1.165, 1.54) is 10.5 Å². The van der Waals surface area contributed by atoms with Crippen molar-refractivity contribution in [3.63, 3.8) is 0 Å². The number of hydrogen-bond acceptors (Lipinski definition) is 1. The zero-order valence-corrected chi connectivity index (χ0v) is 15.2. The molecule has 0 aliphatic carbocycles. The van der Waals surface area contributed by atoms with Crippen molar-refractivity contribution < 1.29 is 14.6 Å². The topological polar surface area (TPSA) is 38.0 Å². The van der Waals surface area contributed by atoms with Gasteiger partial charge >= 0.3 is 0 Å². The van der Waals surface area contributed by atoms with E-state index in [9.17, 15) is 4.79 Å². The van der Waals surface area contributed by atoms with Gasteiger partial charge in [-0.05, 0) is 11.6 Å². The molecule has 1 aliphatic rings. The van der Waals surface area contributed by atoms with Crippen molar-refractivity contribution in [1.82, 2.24) is 5.32 Å². The van der Waals surface area contributed by atoms with E-state index in [1.807, 2.05) is 24.3 Å². The summed E-state index contributed by atoms with van der Waals surface area (Å²) < 4.78 is 0. The number of benzene rings is 2. The van der Waals surface area contributed by atoms with E-state index < -0.39 is 0 Å². The first kappa shape index (κ1) is 17.9. The molecule has 0 unspecified atom stereocenters. The maximum atomic E-state index is 12.2. The van der Waals surface area contributed by atoms with E-state index in [4.69, 9.17) is 11.6 Å². The van der Waals surface area contributed by atoms with Gasteiger partial charge in [0, 0.05) is 17.1 Å². The van der Waals surface area contributed by atoms with Crippen molar-refractivity contribution in [3.05, 3.63) is 70.7 Å². The molecule has 0 aromatic heterocycles. The molecule has 1 amide bonds. The van der Waals surface area contributed by atoms with Gasteiger partial charge in [-0.1, -0.05) is 60.1 Å². The van der Waals surface area contributed by atoms with Crippen LogP contribution >= 0.6 is 11.6 Å². The third-order valence-electron chi connectivity index (χ3n) is 4.81. The van der Waals surface area contributed by atoms with Gasteiger partial charge in [0.05, 0.1) is 0 Å². The Morgan fingerprint density at radius 2 is 1.56 bits per heavy atom. The molecule has 0 radical (unpaired) electrons. The molecule has 132 valence electrons. The van der Waals surface area contributed by atoms with E-state index in [0.717, 1.165) is 38.3 Å². The molecule has 3 rings (SSSR count). The molecule has 4 nitrogen and oxygen atoms in total. The van der Waals surface area contributed by atoms with Gasteiger partial charge in [-0.2, -0.15) is 0 Å². The average molecular weight is 360 g/mol. The van der Waals surface area contributed by atoms with Crippen LogP contribution in [0.4, 0.5) is 0 Å². The summed E-state index contributed by atoms with van der Waals surface area (Å²) in [6, 6.07) is 18.3. The molecule has 0 atom stereocenters. The Balaban J connectivity index is 1.38. The van der Waals surface area contributed by atoms with Crippen molar-refractivity contribution in [2.45, 2.75) is 13.1 Å². The second-order valence-electron chi connectivity index (χ2n) is 6.71. The van der Waals surface area contributed by atoms with Crippen molar-refractivity contribution in [1.29, 1.82) is 0 Å². The van der Waals surface area contributed by atoms with Gasteiger partial charge in [-0.25, -0.2) is 0 Å². The predicted molar refractivity (Wildman–Crippen MR) is 99.7 cm³/mol. The highest BCUT2D eigenvalue weighted by molar-refractivity contribution is 6.31. The van der Waals surface area contributed by atoms with Gasteiger partial charge < -0.3 is 15.1 Å². The molecule has 1 fully saturated rings. The fourth-order valence-electron chi connectivity index (χ4n) is 3.32. The third kappa shape index (κ3) is 5.56. The van der Waals surface area contributed by atoms with Crippen molar-refractivity contribution in [2.75, 3.05) is 32.7 Å². The SMILES string of the molecule is O=C(C[NH+]1CC[NH+](Cc2ccccc2)CC1)NCc1ccccc1Cl. The van der Waals surface area contributed by atoms with Crippen LogP contribution in [0.1, 0.15) is 11.1 Å². The number of nitrogens with one attached hydrogen (secondary N) is 3.